The summed E-state index contributed by atoms with van der Waals surface area (Å²) >= 11 is 0. The van der Waals surface area contributed by atoms with E-state index in [9.17, 15) is 9.59 Å². The van der Waals surface area contributed by atoms with Crippen LogP contribution in [0.3, 0.4) is 0 Å². The number of likely N-dealkylation sites (tertiary alicyclic amines) is 1. The first-order chi connectivity index (χ1) is 10.2. The second-order valence-electron chi connectivity index (χ2n) is 6.46. The Morgan fingerprint density at radius 3 is 2.33 bits per heavy atom. The maximum atomic E-state index is 12.1. The molecule has 0 unspecified atom stereocenters. The van der Waals surface area contributed by atoms with Gasteiger partial charge >= 0.3 is 0 Å². The molecule has 2 rings (SSSR count). The number of hydrogen-bond donors (Lipinski definition) is 2. The van der Waals surface area contributed by atoms with E-state index < -0.39 is 0 Å². The van der Waals surface area contributed by atoms with Crippen molar-refractivity contribution in [3.8, 4) is 0 Å². The SMILES string of the molecule is CNC1(CC(=O)NCCC(=O)N2CCCC2)CCCCC1. The van der Waals surface area contributed by atoms with Gasteiger partial charge < -0.3 is 15.5 Å². The molecule has 2 aliphatic rings. The van der Waals surface area contributed by atoms with Crippen LogP contribution in [-0.2, 0) is 9.59 Å². The molecule has 5 nitrogen and oxygen atoms in total. The molecule has 1 saturated carbocycles. The highest BCUT2D eigenvalue weighted by Crippen LogP contribution is 2.30. The summed E-state index contributed by atoms with van der Waals surface area (Å²) in [5.41, 5.74) is -0.0265. The summed E-state index contributed by atoms with van der Waals surface area (Å²) in [6.45, 7) is 2.24. The summed E-state index contributed by atoms with van der Waals surface area (Å²) in [6.07, 6.45) is 9.00. The Morgan fingerprint density at radius 2 is 1.71 bits per heavy atom. The summed E-state index contributed by atoms with van der Waals surface area (Å²) in [7, 11) is 1.95. The van der Waals surface area contributed by atoms with E-state index in [-0.39, 0.29) is 17.4 Å². The van der Waals surface area contributed by atoms with Gasteiger partial charge in [0.25, 0.3) is 0 Å². The first kappa shape index (κ1) is 16.3. The summed E-state index contributed by atoms with van der Waals surface area (Å²) in [5.74, 6) is 0.245. The van der Waals surface area contributed by atoms with Crippen LogP contribution >= 0.6 is 0 Å². The van der Waals surface area contributed by atoms with Crippen molar-refractivity contribution >= 4 is 11.8 Å². The number of hydrogen-bond acceptors (Lipinski definition) is 3. The minimum atomic E-state index is -0.0265. The molecule has 0 bridgehead atoms. The Morgan fingerprint density at radius 1 is 1.05 bits per heavy atom. The van der Waals surface area contributed by atoms with Crippen molar-refractivity contribution in [2.24, 2.45) is 0 Å². The van der Waals surface area contributed by atoms with Crippen molar-refractivity contribution in [3.63, 3.8) is 0 Å². The maximum Gasteiger partial charge on any atom is 0.224 e. The molecule has 1 aliphatic carbocycles. The highest BCUT2D eigenvalue weighted by molar-refractivity contribution is 5.79. The van der Waals surface area contributed by atoms with Gasteiger partial charge in [-0.3, -0.25) is 9.59 Å². The molecule has 1 aliphatic heterocycles. The summed E-state index contributed by atoms with van der Waals surface area (Å²) in [4.78, 5) is 25.9. The fourth-order valence-electron chi connectivity index (χ4n) is 3.55. The molecule has 2 amide bonds. The number of amides is 2. The summed E-state index contributed by atoms with van der Waals surface area (Å²) in [5, 5.41) is 6.27. The van der Waals surface area contributed by atoms with Gasteiger partial charge in [0.2, 0.25) is 11.8 Å². The maximum absolute atomic E-state index is 12.1. The van der Waals surface area contributed by atoms with Crippen LogP contribution in [0.2, 0.25) is 0 Å². The number of carbonyl (C=O) groups excluding carboxylic acids is 2. The van der Waals surface area contributed by atoms with E-state index in [0.29, 0.717) is 19.4 Å². The lowest BCUT2D eigenvalue weighted by molar-refractivity contribution is -0.130. The molecule has 5 heteroatoms. The molecular formula is C16H29N3O2. The van der Waals surface area contributed by atoms with Crippen LogP contribution in [0.15, 0.2) is 0 Å². The number of nitrogens with one attached hydrogen (secondary N) is 2. The van der Waals surface area contributed by atoms with E-state index in [1.807, 2.05) is 11.9 Å². The van der Waals surface area contributed by atoms with Gasteiger partial charge in [-0.2, -0.15) is 0 Å². The predicted molar refractivity (Wildman–Crippen MR) is 82.9 cm³/mol. The zero-order valence-corrected chi connectivity index (χ0v) is 13.2. The molecule has 0 aromatic rings. The Bertz CT molecular complexity index is 359. The van der Waals surface area contributed by atoms with Crippen molar-refractivity contribution in [1.82, 2.24) is 15.5 Å². The third-order valence-corrected chi connectivity index (χ3v) is 4.96. The van der Waals surface area contributed by atoms with Crippen molar-refractivity contribution in [2.45, 2.75) is 63.3 Å². The lowest BCUT2D eigenvalue weighted by Crippen LogP contribution is -2.48. The third kappa shape index (κ3) is 4.70. The average Bonchev–Trinajstić information content (AvgIpc) is 3.02. The molecular weight excluding hydrogens is 266 g/mol. The van der Waals surface area contributed by atoms with Gasteiger partial charge in [0.1, 0.15) is 0 Å². The van der Waals surface area contributed by atoms with E-state index in [1.165, 1.54) is 19.3 Å². The normalized spacial score (nSPS) is 21.3. The smallest absolute Gasteiger partial charge is 0.224 e. The fraction of sp³-hybridized carbons (Fsp3) is 0.875. The largest absolute Gasteiger partial charge is 0.356 e. The highest BCUT2D eigenvalue weighted by atomic mass is 16.2. The number of rotatable bonds is 6. The van der Waals surface area contributed by atoms with Crippen LogP contribution in [0, 0.1) is 0 Å². The predicted octanol–water partition coefficient (Wildman–Crippen LogP) is 1.43. The molecule has 1 saturated heterocycles. The molecule has 0 aromatic heterocycles. The van der Waals surface area contributed by atoms with Gasteiger partial charge in [-0.05, 0) is 32.7 Å². The quantitative estimate of drug-likeness (QED) is 0.779. The monoisotopic (exact) mass is 295 g/mol. The van der Waals surface area contributed by atoms with Crippen LogP contribution in [0.1, 0.15) is 57.8 Å². The highest BCUT2D eigenvalue weighted by Gasteiger charge is 2.32. The van der Waals surface area contributed by atoms with Crippen LogP contribution in [0.4, 0.5) is 0 Å². The van der Waals surface area contributed by atoms with Crippen LogP contribution in [-0.4, -0.2) is 48.9 Å². The standard InChI is InChI=1S/C16H29N3O2/c1-17-16(8-3-2-4-9-16)13-14(20)18-10-7-15(21)19-11-5-6-12-19/h17H,2-13H2,1H3,(H,18,20). The zero-order chi connectivity index (χ0) is 15.1. The Hall–Kier alpha value is -1.10. The molecule has 0 radical (unpaired) electrons. The Balaban J connectivity index is 1.67. The van der Waals surface area contributed by atoms with Gasteiger partial charge in [0, 0.05) is 38.0 Å². The van der Waals surface area contributed by atoms with Crippen molar-refractivity contribution in [3.05, 3.63) is 0 Å². The Kier molecular flexibility index (Phi) is 6.03. The molecule has 21 heavy (non-hydrogen) atoms. The molecule has 0 aromatic carbocycles. The van der Waals surface area contributed by atoms with Crippen LogP contribution in [0.25, 0.3) is 0 Å². The van der Waals surface area contributed by atoms with E-state index in [2.05, 4.69) is 10.6 Å². The van der Waals surface area contributed by atoms with Gasteiger partial charge in [0.15, 0.2) is 0 Å². The van der Waals surface area contributed by atoms with Gasteiger partial charge in [-0.1, -0.05) is 19.3 Å². The molecule has 1 heterocycles. The summed E-state index contributed by atoms with van der Waals surface area (Å²) in [6, 6.07) is 0. The van der Waals surface area contributed by atoms with Gasteiger partial charge in [0.05, 0.1) is 0 Å². The first-order valence-electron chi connectivity index (χ1n) is 8.39. The van der Waals surface area contributed by atoms with E-state index >= 15 is 0 Å². The first-order valence-corrected chi connectivity index (χ1v) is 8.39. The minimum Gasteiger partial charge on any atom is -0.356 e. The summed E-state index contributed by atoms with van der Waals surface area (Å²) < 4.78 is 0. The van der Waals surface area contributed by atoms with Crippen molar-refractivity contribution in [2.75, 3.05) is 26.7 Å². The van der Waals surface area contributed by atoms with Crippen molar-refractivity contribution in [1.29, 1.82) is 0 Å². The lowest BCUT2D eigenvalue weighted by Gasteiger charge is -2.36. The molecule has 0 atom stereocenters. The topological polar surface area (TPSA) is 61.4 Å². The third-order valence-electron chi connectivity index (χ3n) is 4.96. The molecule has 120 valence electrons. The average molecular weight is 295 g/mol. The second kappa shape index (κ2) is 7.78. The lowest BCUT2D eigenvalue weighted by atomic mass is 9.79. The van der Waals surface area contributed by atoms with Crippen molar-refractivity contribution < 1.29 is 9.59 Å². The molecule has 2 N–H and O–H groups in total. The molecule has 0 spiro atoms. The van der Waals surface area contributed by atoms with Gasteiger partial charge in [-0.25, -0.2) is 0 Å². The molecule has 2 fully saturated rings. The Labute approximate surface area is 127 Å². The van der Waals surface area contributed by atoms with E-state index in [0.717, 1.165) is 38.8 Å². The fourth-order valence-corrected chi connectivity index (χ4v) is 3.55. The van der Waals surface area contributed by atoms with E-state index in [4.69, 9.17) is 0 Å². The van der Waals surface area contributed by atoms with Gasteiger partial charge in [-0.15, -0.1) is 0 Å². The zero-order valence-electron chi connectivity index (χ0n) is 13.2. The second-order valence-corrected chi connectivity index (χ2v) is 6.46. The number of carbonyl (C=O) groups is 2. The van der Waals surface area contributed by atoms with Crippen LogP contribution < -0.4 is 10.6 Å². The van der Waals surface area contributed by atoms with E-state index in [1.54, 1.807) is 0 Å². The minimum absolute atomic E-state index is 0.0265. The number of nitrogens with zero attached hydrogens (tertiary/aromatic N) is 1. The van der Waals surface area contributed by atoms with Crippen LogP contribution in [0.5, 0.6) is 0 Å².